The Morgan fingerprint density at radius 2 is 1.82 bits per heavy atom. The van der Waals surface area contributed by atoms with E-state index in [9.17, 15) is 0 Å². The normalized spacial score (nSPS) is 10.9. The molecule has 0 spiro atoms. The minimum atomic E-state index is 0.475. The highest BCUT2D eigenvalue weighted by Gasteiger charge is 1.97. The van der Waals surface area contributed by atoms with Gasteiger partial charge < -0.3 is 5.73 Å². The summed E-state index contributed by atoms with van der Waals surface area (Å²) in [6.45, 7) is 2.51. The average molecular weight is 225 g/mol. The van der Waals surface area contributed by atoms with Gasteiger partial charge in [-0.3, -0.25) is 0 Å². The molecule has 2 aromatic rings. The van der Waals surface area contributed by atoms with Crippen LogP contribution in [0.1, 0.15) is 11.1 Å². The molecule has 0 saturated carbocycles. The van der Waals surface area contributed by atoms with E-state index in [1.54, 1.807) is 0 Å². The van der Waals surface area contributed by atoms with Gasteiger partial charge in [0.2, 0.25) is 0 Å². The van der Waals surface area contributed by atoms with Crippen molar-refractivity contribution in [2.45, 2.75) is 13.5 Å². The molecule has 17 heavy (non-hydrogen) atoms. The van der Waals surface area contributed by atoms with Gasteiger partial charge in [0.1, 0.15) is 0 Å². The zero-order chi connectivity index (χ0) is 12.1. The Morgan fingerprint density at radius 3 is 2.59 bits per heavy atom. The molecule has 2 rings (SSSR count). The maximum absolute atomic E-state index is 5.64. The fourth-order valence-corrected chi connectivity index (χ4v) is 1.58. The predicted octanol–water partition coefficient (Wildman–Crippen LogP) is 3.87. The maximum Gasteiger partial charge on any atom is 0.0901 e. The summed E-state index contributed by atoms with van der Waals surface area (Å²) in [6.07, 6.45) is 0. The molecule has 2 N–H and O–H groups in total. The summed E-state index contributed by atoms with van der Waals surface area (Å²) in [5, 5.41) is 8.45. The molecule has 3 nitrogen and oxygen atoms in total. The van der Waals surface area contributed by atoms with Crippen LogP contribution >= 0.6 is 0 Å². The summed E-state index contributed by atoms with van der Waals surface area (Å²) in [7, 11) is 0. The van der Waals surface area contributed by atoms with E-state index in [0.29, 0.717) is 6.54 Å². The van der Waals surface area contributed by atoms with Crippen LogP contribution in [0.4, 0.5) is 11.4 Å². The Kier molecular flexibility index (Phi) is 3.62. The van der Waals surface area contributed by atoms with Crippen LogP contribution in [0.5, 0.6) is 0 Å². The summed E-state index contributed by atoms with van der Waals surface area (Å²) in [4.78, 5) is 0. The minimum absolute atomic E-state index is 0.475. The van der Waals surface area contributed by atoms with E-state index in [4.69, 9.17) is 5.73 Å². The van der Waals surface area contributed by atoms with Crippen molar-refractivity contribution in [2.24, 2.45) is 16.0 Å². The maximum atomic E-state index is 5.64. The van der Waals surface area contributed by atoms with E-state index < -0.39 is 0 Å². The lowest BCUT2D eigenvalue weighted by atomic mass is 10.2. The Bertz CT molecular complexity index is 532. The first-order chi connectivity index (χ1) is 8.29. The molecule has 0 fully saturated rings. The third kappa shape index (κ3) is 2.98. The Hall–Kier alpha value is -2.00. The molecule has 86 valence electrons. The molecule has 0 atom stereocenters. The van der Waals surface area contributed by atoms with Gasteiger partial charge >= 0.3 is 0 Å². The molecular weight excluding hydrogens is 210 g/mol. The van der Waals surface area contributed by atoms with E-state index >= 15 is 0 Å². The molecular formula is C14H15N3. The van der Waals surface area contributed by atoms with Crippen LogP contribution in [-0.4, -0.2) is 0 Å². The molecule has 3 heteroatoms. The number of rotatable bonds is 3. The molecule has 0 bridgehead atoms. The van der Waals surface area contributed by atoms with Gasteiger partial charge in [-0.1, -0.05) is 30.3 Å². The number of benzene rings is 2. The van der Waals surface area contributed by atoms with Crippen molar-refractivity contribution in [3.8, 4) is 0 Å². The fourth-order valence-electron chi connectivity index (χ4n) is 1.58. The van der Waals surface area contributed by atoms with Gasteiger partial charge in [0.05, 0.1) is 11.4 Å². The predicted molar refractivity (Wildman–Crippen MR) is 69.7 cm³/mol. The number of aryl methyl sites for hydroxylation is 1. The van der Waals surface area contributed by atoms with Crippen LogP contribution in [0.15, 0.2) is 58.8 Å². The molecule has 0 unspecified atom stereocenters. The van der Waals surface area contributed by atoms with Crippen molar-refractivity contribution >= 4 is 11.4 Å². The summed E-state index contributed by atoms with van der Waals surface area (Å²) < 4.78 is 0. The second-order valence-corrected chi connectivity index (χ2v) is 3.87. The molecule has 2 aromatic carbocycles. The summed E-state index contributed by atoms with van der Waals surface area (Å²) >= 11 is 0. The molecule has 0 aliphatic carbocycles. The van der Waals surface area contributed by atoms with Crippen molar-refractivity contribution in [1.29, 1.82) is 0 Å². The first-order valence-electron chi connectivity index (χ1n) is 5.56. The van der Waals surface area contributed by atoms with E-state index in [2.05, 4.69) is 10.2 Å². The van der Waals surface area contributed by atoms with Crippen LogP contribution in [-0.2, 0) is 6.54 Å². The topological polar surface area (TPSA) is 50.7 Å². The zero-order valence-electron chi connectivity index (χ0n) is 9.80. The fraction of sp³-hybridized carbons (Fsp3) is 0.143. The third-order valence-corrected chi connectivity index (χ3v) is 2.49. The van der Waals surface area contributed by atoms with Crippen LogP contribution in [0, 0.1) is 6.92 Å². The Labute approximate surface area is 101 Å². The number of azo groups is 1. The largest absolute Gasteiger partial charge is 0.326 e. The van der Waals surface area contributed by atoms with Gasteiger partial charge in [-0.15, -0.1) is 0 Å². The van der Waals surface area contributed by atoms with Gasteiger partial charge in [0.25, 0.3) is 0 Å². The molecule has 0 heterocycles. The zero-order valence-corrected chi connectivity index (χ0v) is 9.80. The average Bonchev–Trinajstić information content (AvgIpc) is 2.37. The van der Waals surface area contributed by atoms with Crippen molar-refractivity contribution in [1.82, 2.24) is 0 Å². The number of hydrogen-bond donors (Lipinski definition) is 1. The van der Waals surface area contributed by atoms with Gasteiger partial charge in [-0.2, -0.15) is 10.2 Å². The van der Waals surface area contributed by atoms with E-state index in [0.717, 1.165) is 16.9 Å². The first kappa shape index (κ1) is 11.5. The van der Waals surface area contributed by atoms with Crippen LogP contribution in [0.2, 0.25) is 0 Å². The number of hydrogen-bond acceptors (Lipinski definition) is 3. The van der Waals surface area contributed by atoms with Gasteiger partial charge in [-0.05, 0) is 36.2 Å². The molecule has 0 saturated heterocycles. The Balaban J connectivity index is 2.26. The summed E-state index contributed by atoms with van der Waals surface area (Å²) in [5.41, 5.74) is 9.51. The molecule has 0 aromatic heterocycles. The van der Waals surface area contributed by atoms with Gasteiger partial charge in [0.15, 0.2) is 0 Å². The number of nitrogens with zero attached hydrogens (tertiary/aromatic N) is 2. The minimum Gasteiger partial charge on any atom is -0.326 e. The summed E-state index contributed by atoms with van der Waals surface area (Å²) in [6, 6.07) is 15.7. The van der Waals surface area contributed by atoms with E-state index in [1.165, 1.54) is 5.56 Å². The lowest BCUT2D eigenvalue weighted by Crippen LogP contribution is -1.95. The van der Waals surface area contributed by atoms with Crippen LogP contribution < -0.4 is 5.73 Å². The van der Waals surface area contributed by atoms with Gasteiger partial charge in [0, 0.05) is 6.54 Å². The van der Waals surface area contributed by atoms with E-state index in [1.807, 2.05) is 55.5 Å². The Morgan fingerprint density at radius 1 is 1.00 bits per heavy atom. The van der Waals surface area contributed by atoms with Crippen molar-refractivity contribution < 1.29 is 0 Å². The van der Waals surface area contributed by atoms with Crippen molar-refractivity contribution in [3.63, 3.8) is 0 Å². The SMILES string of the molecule is Cc1cccc(N=Nc2ccccc2CN)c1. The number of nitrogens with two attached hydrogens (primary N) is 1. The van der Waals surface area contributed by atoms with Crippen molar-refractivity contribution in [3.05, 3.63) is 59.7 Å². The quantitative estimate of drug-likeness (QED) is 0.792. The molecule has 0 aliphatic heterocycles. The lowest BCUT2D eigenvalue weighted by Gasteiger charge is -2.00. The van der Waals surface area contributed by atoms with Crippen LogP contribution in [0.3, 0.4) is 0 Å². The monoisotopic (exact) mass is 225 g/mol. The van der Waals surface area contributed by atoms with Gasteiger partial charge in [-0.25, -0.2) is 0 Å². The molecule has 0 amide bonds. The lowest BCUT2D eigenvalue weighted by molar-refractivity contribution is 1.05. The summed E-state index contributed by atoms with van der Waals surface area (Å²) in [5.74, 6) is 0. The third-order valence-electron chi connectivity index (χ3n) is 2.49. The molecule has 0 radical (unpaired) electrons. The second kappa shape index (κ2) is 5.37. The first-order valence-corrected chi connectivity index (χ1v) is 5.56. The highest BCUT2D eigenvalue weighted by molar-refractivity contribution is 5.46. The van der Waals surface area contributed by atoms with Crippen molar-refractivity contribution in [2.75, 3.05) is 0 Å². The molecule has 0 aliphatic rings. The smallest absolute Gasteiger partial charge is 0.0901 e. The highest BCUT2D eigenvalue weighted by atomic mass is 15.1. The van der Waals surface area contributed by atoms with Crippen LogP contribution in [0.25, 0.3) is 0 Å². The highest BCUT2D eigenvalue weighted by Crippen LogP contribution is 2.22. The second-order valence-electron chi connectivity index (χ2n) is 3.87. The standard InChI is InChI=1S/C14H15N3/c1-11-5-4-7-13(9-11)16-17-14-8-3-2-6-12(14)10-15/h2-9H,10,15H2,1H3. The van der Waals surface area contributed by atoms with E-state index in [-0.39, 0.29) is 0 Å².